The van der Waals surface area contributed by atoms with E-state index in [4.69, 9.17) is 13.9 Å². The van der Waals surface area contributed by atoms with Gasteiger partial charge in [0.05, 0.1) is 18.6 Å². The molecule has 1 aliphatic carbocycles. The zero-order chi connectivity index (χ0) is 23.2. The smallest absolute Gasteiger partial charge is 0.309 e. The number of carbonyl (C=O) groups excluding carboxylic acids is 2. The Morgan fingerprint density at radius 1 is 1.18 bits per heavy atom. The van der Waals surface area contributed by atoms with Gasteiger partial charge >= 0.3 is 5.97 Å². The number of benzene rings is 1. The summed E-state index contributed by atoms with van der Waals surface area (Å²) in [6.45, 7) is 5.03. The van der Waals surface area contributed by atoms with Crippen molar-refractivity contribution in [3.8, 4) is 5.75 Å². The number of piperidine rings is 1. The molecule has 1 N–H and O–H groups in total. The molecule has 33 heavy (non-hydrogen) atoms. The number of hydrogen-bond acceptors (Lipinski definition) is 6. The molecule has 1 aromatic heterocycles. The fourth-order valence-electron chi connectivity index (χ4n) is 5.93. The van der Waals surface area contributed by atoms with Gasteiger partial charge in [-0.2, -0.15) is 0 Å². The van der Waals surface area contributed by atoms with Crippen LogP contribution in [0.15, 0.2) is 16.5 Å². The largest absolute Gasteiger partial charge is 0.487 e. The Hall–Kier alpha value is -2.54. The molecule has 2 aliphatic heterocycles. The molecule has 2 fully saturated rings. The maximum atomic E-state index is 13.3. The average Bonchev–Trinajstić information content (AvgIpc) is 3.15. The molecule has 2 aromatic rings. The van der Waals surface area contributed by atoms with Crippen LogP contribution in [0.4, 0.5) is 0 Å². The van der Waals surface area contributed by atoms with Crippen LogP contribution in [-0.4, -0.2) is 47.2 Å². The van der Waals surface area contributed by atoms with Crippen molar-refractivity contribution in [1.29, 1.82) is 0 Å². The number of carbonyl (C=O) groups is 2. The number of aliphatic hydroxyl groups excluding tert-OH is 1. The van der Waals surface area contributed by atoms with Crippen molar-refractivity contribution < 1.29 is 28.6 Å². The van der Waals surface area contributed by atoms with E-state index < -0.39 is 6.10 Å². The molecule has 3 heterocycles. The van der Waals surface area contributed by atoms with Gasteiger partial charge in [0.1, 0.15) is 16.9 Å². The summed E-state index contributed by atoms with van der Waals surface area (Å²) in [7, 11) is 0. The normalized spacial score (nSPS) is 22.8. The van der Waals surface area contributed by atoms with E-state index in [9.17, 15) is 14.7 Å². The molecule has 178 valence electrons. The lowest BCUT2D eigenvalue weighted by atomic mass is 9.77. The first-order valence-corrected chi connectivity index (χ1v) is 12.3. The fourth-order valence-corrected chi connectivity index (χ4v) is 5.93. The summed E-state index contributed by atoms with van der Waals surface area (Å²) in [5.74, 6) is 0.507. The Bertz CT molecular complexity index is 1060. The van der Waals surface area contributed by atoms with Crippen molar-refractivity contribution in [2.75, 3.05) is 19.7 Å². The number of aliphatic hydroxyl groups is 1. The Balaban J connectivity index is 1.40. The predicted octanol–water partition coefficient (Wildman–Crippen LogP) is 4.68. The van der Waals surface area contributed by atoms with E-state index in [0.29, 0.717) is 56.1 Å². The number of ether oxygens (including phenoxy) is 2. The fraction of sp³-hybridized carbons (Fsp3) is 0.615. The minimum absolute atomic E-state index is 0.155. The number of aryl methyl sites for hydroxylation is 1. The number of likely N-dealkylation sites (tertiary alicyclic amines) is 1. The van der Waals surface area contributed by atoms with Crippen molar-refractivity contribution in [3.63, 3.8) is 0 Å². The molecule has 1 spiro atoms. The summed E-state index contributed by atoms with van der Waals surface area (Å²) in [6, 6.07) is 3.72. The van der Waals surface area contributed by atoms with Crippen molar-refractivity contribution in [1.82, 2.24) is 4.90 Å². The summed E-state index contributed by atoms with van der Waals surface area (Å²) < 4.78 is 17.7. The molecule has 0 unspecified atom stereocenters. The monoisotopic (exact) mass is 455 g/mol. The van der Waals surface area contributed by atoms with Gasteiger partial charge in [0.25, 0.3) is 5.91 Å². The molecule has 0 radical (unpaired) electrons. The van der Waals surface area contributed by atoms with E-state index in [1.54, 1.807) is 11.8 Å². The van der Waals surface area contributed by atoms with Crippen molar-refractivity contribution in [2.45, 2.75) is 76.9 Å². The Morgan fingerprint density at radius 3 is 2.61 bits per heavy atom. The van der Waals surface area contributed by atoms with Crippen molar-refractivity contribution in [2.24, 2.45) is 5.92 Å². The van der Waals surface area contributed by atoms with Crippen LogP contribution >= 0.6 is 0 Å². The van der Waals surface area contributed by atoms with Crippen LogP contribution in [0.2, 0.25) is 0 Å². The van der Waals surface area contributed by atoms with Crippen LogP contribution in [0.1, 0.15) is 86.1 Å². The summed E-state index contributed by atoms with van der Waals surface area (Å²) in [4.78, 5) is 27.1. The molecular weight excluding hydrogens is 422 g/mol. The second kappa shape index (κ2) is 8.67. The van der Waals surface area contributed by atoms with E-state index in [1.807, 2.05) is 19.1 Å². The third-order valence-corrected chi connectivity index (χ3v) is 7.68. The quantitative estimate of drug-likeness (QED) is 0.677. The number of fused-ring (bicyclic) bond motifs is 3. The van der Waals surface area contributed by atoms with Crippen LogP contribution < -0.4 is 4.74 Å². The van der Waals surface area contributed by atoms with Gasteiger partial charge in [-0.1, -0.05) is 6.42 Å². The zero-order valence-corrected chi connectivity index (χ0v) is 19.5. The third kappa shape index (κ3) is 3.90. The van der Waals surface area contributed by atoms with Gasteiger partial charge in [-0.05, 0) is 64.5 Å². The standard InChI is InChI=1S/C26H33NO6/c1-3-31-25(30)17-9-13-27(14-10-17)24(29)23-16(2)21-19(32-23)7-8-20-22(21)18(28)15-26(33-20)11-5-4-6-12-26/h7-8,17-18,28H,3-6,9-15H2,1-2H3/t18-/m1/s1. The Morgan fingerprint density at radius 2 is 1.91 bits per heavy atom. The minimum Gasteiger partial charge on any atom is -0.487 e. The highest BCUT2D eigenvalue weighted by Gasteiger charge is 2.43. The summed E-state index contributed by atoms with van der Waals surface area (Å²) >= 11 is 0. The highest BCUT2D eigenvalue weighted by Crippen LogP contribution is 2.49. The molecule has 7 heteroatoms. The van der Waals surface area contributed by atoms with Crippen LogP contribution in [0.5, 0.6) is 5.75 Å². The third-order valence-electron chi connectivity index (χ3n) is 7.68. The lowest BCUT2D eigenvalue weighted by Gasteiger charge is -2.43. The number of furan rings is 1. The average molecular weight is 456 g/mol. The van der Waals surface area contributed by atoms with Crippen molar-refractivity contribution >= 4 is 22.8 Å². The molecule has 1 atom stereocenters. The molecule has 7 nitrogen and oxygen atoms in total. The van der Waals surface area contributed by atoms with Gasteiger partial charge in [-0.25, -0.2) is 0 Å². The van der Waals surface area contributed by atoms with Gasteiger partial charge in [0, 0.05) is 36.0 Å². The molecule has 1 aromatic carbocycles. The zero-order valence-electron chi connectivity index (χ0n) is 19.5. The Labute approximate surface area is 194 Å². The maximum Gasteiger partial charge on any atom is 0.309 e. The van der Waals surface area contributed by atoms with E-state index in [2.05, 4.69) is 0 Å². The first kappa shape index (κ1) is 22.3. The van der Waals surface area contributed by atoms with E-state index in [0.717, 1.165) is 42.2 Å². The second-order valence-corrected chi connectivity index (χ2v) is 9.79. The van der Waals surface area contributed by atoms with Crippen molar-refractivity contribution in [3.05, 3.63) is 29.0 Å². The molecule has 0 bridgehead atoms. The maximum absolute atomic E-state index is 13.3. The number of hydrogen-bond donors (Lipinski definition) is 1. The molecule has 5 rings (SSSR count). The van der Waals surface area contributed by atoms with Gasteiger partial charge in [0.15, 0.2) is 5.76 Å². The molecule has 3 aliphatic rings. The highest BCUT2D eigenvalue weighted by atomic mass is 16.5. The van der Waals surface area contributed by atoms with Gasteiger partial charge in [-0.15, -0.1) is 0 Å². The van der Waals surface area contributed by atoms with Crippen LogP contribution in [0.3, 0.4) is 0 Å². The summed E-state index contributed by atoms with van der Waals surface area (Å²) in [6.07, 6.45) is 6.53. The number of rotatable bonds is 3. The van der Waals surface area contributed by atoms with E-state index in [-0.39, 0.29) is 23.4 Å². The van der Waals surface area contributed by atoms with E-state index in [1.165, 1.54) is 6.42 Å². The molecular formula is C26H33NO6. The van der Waals surface area contributed by atoms with Crippen LogP contribution in [-0.2, 0) is 9.53 Å². The highest BCUT2D eigenvalue weighted by molar-refractivity contribution is 6.00. The lowest BCUT2D eigenvalue weighted by molar-refractivity contribution is -0.149. The molecule has 1 saturated heterocycles. The predicted molar refractivity (Wildman–Crippen MR) is 122 cm³/mol. The minimum atomic E-state index is -0.643. The van der Waals surface area contributed by atoms with Crippen LogP contribution in [0, 0.1) is 12.8 Å². The topological polar surface area (TPSA) is 89.2 Å². The first-order chi connectivity index (χ1) is 15.9. The SMILES string of the molecule is CCOC(=O)C1CCN(C(=O)c2oc3ccc4c(c3c2C)[C@H](O)CC2(CCCCC2)O4)CC1. The van der Waals surface area contributed by atoms with Gasteiger partial charge in [-0.3, -0.25) is 9.59 Å². The molecule has 1 amide bonds. The summed E-state index contributed by atoms with van der Waals surface area (Å²) in [5, 5.41) is 11.9. The number of esters is 1. The number of amides is 1. The molecule has 1 saturated carbocycles. The lowest BCUT2D eigenvalue weighted by Crippen LogP contribution is -2.42. The summed E-state index contributed by atoms with van der Waals surface area (Å²) in [5.41, 5.74) is 1.79. The Kier molecular flexibility index (Phi) is 5.85. The second-order valence-electron chi connectivity index (χ2n) is 9.79. The van der Waals surface area contributed by atoms with Gasteiger partial charge < -0.3 is 23.9 Å². The number of nitrogens with zero attached hydrogens (tertiary/aromatic N) is 1. The van der Waals surface area contributed by atoms with Gasteiger partial charge in [0.2, 0.25) is 0 Å². The van der Waals surface area contributed by atoms with Crippen LogP contribution in [0.25, 0.3) is 11.0 Å². The first-order valence-electron chi connectivity index (χ1n) is 12.3. The van der Waals surface area contributed by atoms with E-state index >= 15 is 0 Å².